The van der Waals surface area contributed by atoms with Crippen molar-refractivity contribution in [1.82, 2.24) is 9.88 Å². The number of halogens is 3. The Labute approximate surface area is 281 Å². The molecule has 4 aromatic rings. The fourth-order valence-electron chi connectivity index (χ4n) is 5.51. The highest BCUT2D eigenvalue weighted by atomic mass is 32.2. The van der Waals surface area contributed by atoms with Crippen molar-refractivity contribution >= 4 is 55.6 Å². The fraction of sp³-hybridized carbons (Fsp3) is 0.294. The number of rotatable bonds is 8. The van der Waals surface area contributed by atoms with Crippen LogP contribution < -0.4 is 16.4 Å². The Morgan fingerprint density at radius 3 is 2.27 bits per heavy atom. The van der Waals surface area contributed by atoms with Gasteiger partial charge < -0.3 is 26.4 Å². The van der Waals surface area contributed by atoms with Crippen molar-refractivity contribution < 1.29 is 41.1 Å². The number of carbonyl (C=O) groups is 3. The normalized spacial score (nSPS) is 15.3. The average Bonchev–Trinajstić information content (AvgIpc) is 3.53. The van der Waals surface area contributed by atoms with E-state index in [9.17, 15) is 31.2 Å². The number of nitrogens with two attached hydrogens (primary N) is 1. The van der Waals surface area contributed by atoms with E-state index in [4.69, 9.17) is 15.6 Å². The van der Waals surface area contributed by atoms with Gasteiger partial charge in [-0.2, -0.15) is 13.2 Å². The number of likely N-dealkylation sites (tertiary alicyclic amines) is 1. The van der Waals surface area contributed by atoms with E-state index in [1.165, 1.54) is 6.92 Å². The smallest absolute Gasteiger partial charge is 0.475 e. The molecule has 1 aromatic heterocycles. The lowest BCUT2D eigenvalue weighted by Crippen LogP contribution is -2.38. The van der Waals surface area contributed by atoms with Gasteiger partial charge in [0.15, 0.2) is 9.84 Å². The van der Waals surface area contributed by atoms with Crippen LogP contribution in [0.25, 0.3) is 10.8 Å². The lowest BCUT2D eigenvalue weighted by molar-refractivity contribution is -0.192. The number of benzene rings is 3. The van der Waals surface area contributed by atoms with Crippen molar-refractivity contribution in [2.24, 2.45) is 0 Å². The number of amides is 2. The van der Waals surface area contributed by atoms with Gasteiger partial charge in [0, 0.05) is 36.4 Å². The second-order valence-electron chi connectivity index (χ2n) is 11.6. The first-order chi connectivity index (χ1) is 23.0. The van der Waals surface area contributed by atoms with Crippen LogP contribution in [0.3, 0.4) is 0 Å². The van der Waals surface area contributed by atoms with Crippen LogP contribution >= 0.6 is 0 Å². The molecule has 2 heterocycles. The zero-order valence-corrected chi connectivity index (χ0v) is 27.7. The summed E-state index contributed by atoms with van der Waals surface area (Å²) in [4.78, 5) is 41.2. The Balaban J connectivity index is 0.000000698. The van der Waals surface area contributed by atoms with Crippen molar-refractivity contribution in [3.05, 3.63) is 90.1 Å². The maximum Gasteiger partial charge on any atom is 0.490 e. The molecule has 1 fully saturated rings. The van der Waals surface area contributed by atoms with Gasteiger partial charge in [-0.25, -0.2) is 18.2 Å². The van der Waals surface area contributed by atoms with Crippen LogP contribution in [-0.2, 0) is 24.2 Å². The van der Waals surface area contributed by atoms with E-state index < -0.39 is 39.3 Å². The predicted molar refractivity (Wildman–Crippen MR) is 179 cm³/mol. The highest BCUT2D eigenvalue weighted by molar-refractivity contribution is 7.92. The largest absolute Gasteiger partial charge is 0.490 e. The molecule has 260 valence electrons. The topological polar surface area (TPSA) is 172 Å². The summed E-state index contributed by atoms with van der Waals surface area (Å²) < 4.78 is 58.6. The van der Waals surface area contributed by atoms with Crippen LogP contribution in [0.1, 0.15) is 56.8 Å². The number of carbonyl (C=O) groups excluding carboxylic acids is 2. The second-order valence-corrected chi connectivity index (χ2v) is 14.1. The quantitative estimate of drug-likeness (QED) is 0.169. The first-order valence-corrected chi connectivity index (χ1v) is 16.8. The standard InChI is InChI=1S/C32H35N5O4S.C2HF3O2/c1-20(2)42(40,41)29-14-12-25(35-21(3)38)19-27(29)28-10-7-17-37(28)32(39)30(22-8-5-4-6-9-22)36-24-11-13-26-23(18-24)15-16-34-31(26)33;3-2(4,5)1(6)7/h4-6,8-9,11-16,18-20,28,30,36H,7,10,17H2,1-3H3,(H2,33,34)(H,35,38);(H,6,7)/t28-,30-;/m1./s1. The van der Waals surface area contributed by atoms with E-state index in [0.717, 1.165) is 22.0 Å². The lowest BCUT2D eigenvalue weighted by atomic mass is 10.0. The summed E-state index contributed by atoms with van der Waals surface area (Å²) in [5.74, 6) is -2.76. The number of alkyl halides is 3. The maximum absolute atomic E-state index is 14.4. The summed E-state index contributed by atoms with van der Waals surface area (Å²) in [5.41, 5.74) is 8.56. The first-order valence-electron chi connectivity index (χ1n) is 15.2. The van der Waals surface area contributed by atoms with Crippen LogP contribution in [0.2, 0.25) is 0 Å². The van der Waals surface area contributed by atoms with E-state index >= 15 is 0 Å². The molecule has 0 spiro atoms. The van der Waals surface area contributed by atoms with Crippen LogP contribution in [-0.4, -0.2) is 59.2 Å². The van der Waals surface area contributed by atoms with Gasteiger partial charge in [0.25, 0.3) is 0 Å². The summed E-state index contributed by atoms with van der Waals surface area (Å²) in [7, 11) is -3.67. The molecular weight excluding hydrogens is 663 g/mol. The molecule has 0 radical (unpaired) electrons. The van der Waals surface area contributed by atoms with Gasteiger partial charge in [0.1, 0.15) is 11.9 Å². The minimum atomic E-state index is -5.08. The van der Waals surface area contributed by atoms with Crippen molar-refractivity contribution in [2.45, 2.75) is 62.0 Å². The average molecular weight is 700 g/mol. The van der Waals surface area contributed by atoms with Crippen molar-refractivity contribution in [1.29, 1.82) is 0 Å². The molecule has 3 aromatic carbocycles. The molecule has 0 aliphatic carbocycles. The Morgan fingerprint density at radius 1 is 1.00 bits per heavy atom. The van der Waals surface area contributed by atoms with Gasteiger partial charge >= 0.3 is 12.1 Å². The summed E-state index contributed by atoms with van der Waals surface area (Å²) in [6.07, 6.45) is -2.13. The number of hydrogen-bond donors (Lipinski definition) is 4. The molecule has 1 saturated heterocycles. The summed E-state index contributed by atoms with van der Waals surface area (Å²) >= 11 is 0. The molecule has 5 N–H and O–H groups in total. The number of hydrogen-bond acceptors (Lipinski definition) is 8. The van der Waals surface area contributed by atoms with E-state index in [2.05, 4.69) is 15.6 Å². The van der Waals surface area contributed by atoms with Crippen molar-refractivity contribution in [3.8, 4) is 0 Å². The molecule has 1 aliphatic heterocycles. The molecule has 1 aliphatic rings. The molecule has 0 saturated carbocycles. The number of aromatic nitrogens is 1. The van der Waals surface area contributed by atoms with Crippen LogP contribution in [0.4, 0.5) is 30.4 Å². The number of nitrogens with one attached hydrogen (secondary N) is 2. The molecule has 5 rings (SSSR count). The SMILES string of the molecule is CC(=O)Nc1ccc(S(=O)(=O)C(C)C)c([C@H]2CCCN2C(=O)[C@H](Nc2ccc3c(N)nccc3c2)c2ccccc2)c1.O=C(O)C(F)(F)F. The minimum Gasteiger partial charge on any atom is -0.475 e. The van der Waals surface area contributed by atoms with Gasteiger partial charge in [-0.15, -0.1) is 0 Å². The molecule has 11 nitrogen and oxygen atoms in total. The van der Waals surface area contributed by atoms with Crippen LogP contribution in [0.15, 0.2) is 83.9 Å². The number of anilines is 3. The summed E-state index contributed by atoms with van der Waals surface area (Å²) in [6, 6.07) is 20.6. The van der Waals surface area contributed by atoms with Gasteiger partial charge in [-0.3, -0.25) is 9.59 Å². The first kappa shape index (κ1) is 36.7. The monoisotopic (exact) mass is 699 g/mol. The second kappa shape index (κ2) is 14.9. The minimum absolute atomic E-state index is 0.170. The van der Waals surface area contributed by atoms with Gasteiger partial charge in [0.05, 0.1) is 16.2 Å². The number of aliphatic carboxylic acids is 1. The molecule has 0 unspecified atom stereocenters. The number of carboxylic acids is 1. The van der Waals surface area contributed by atoms with E-state index in [1.807, 2.05) is 54.6 Å². The highest BCUT2D eigenvalue weighted by Gasteiger charge is 2.39. The van der Waals surface area contributed by atoms with Gasteiger partial charge in [-0.1, -0.05) is 30.3 Å². The number of pyridine rings is 1. The zero-order valence-electron chi connectivity index (χ0n) is 26.9. The van der Waals surface area contributed by atoms with Gasteiger partial charge in [0.2, 0.25) is 11.8 Å². The van der Waals surface area contributed by atoms with E-state index in [-0.39, 0.29) is 16.7 Å². The number of carboxylic acid groups (broad SMARTS) is 1. The van der Waals surface area contributed by atoms with E-state index in [0.29, 0.717) is 36.5 Å². The molecular formula is C34H36F3N5O6S. The third kappa shape index (κ3) is 8.65. The Morgan fingerprint density at radius 2 is 1.65 bits per heavy atom. The Bertz CT molecular complexity index is 1960. The predicted octanol–water partition coefficient (Wildman–Crippen LogP) is 6.11. The lowest BCUT2D eigenvalue weighted by Gasteiger charge is -2.31. The number of nitrogens with zero attached hydrogens (tertiary/aromatic N) is 2. The zero-order chi connectivity index (χ0) is 36.1. The summed E-state index contributed by atoms with van der Waals surface area (Å²) in [5, 5.41) is 14.4. The summed E-state index contributed by atoms with van der Waals surface area (Å²) in [6.45, 7) is 5.15. The number of fused-ring (bicyclic) bond motifs is 1. The maximum atomic E-state index is 14.4. The Kier molecular flexibility index (Phi) is 11.2. The molecule has 49 heavy (non-hydrogen) atoms. The number of nitrogen functional groups attached to an aromatic ring is 1. The molecule has 15 heteroatoms. The third-order valence-corrected chi connectivity index (χ3v) is 10.1. The van der Waals surface area contributed by atoms with Crippen LogP contribution in [0, 0.1) is 0 Å². The fourth-order valence-corrected chi connectivity index (χ4v) is 6.80. The van der Waals surface area contributed by atoms with Crippen molar-refractivity contribution in [3.63, 3.8) is 0 Å². The van der Waals surface area contributed by atoms with Gasteiger partial charge in [-0.05, 0) is 85.7 Å². The third-order valence-electron chi connectivity index (χ3n) is 7.88. The molecule has 0 bridgehead atoms. The van der Waals surface area contributed by atoms with Crippen LogP contribution in [0.5, 0.6) is 0 Å². The van der Waals surface area contributed by atoms with Crippen molar-refractivity contribution in [2.75, 3.05) is 22.9 Å². The van der Waals surface area contributed by atoms with E-state index in [1.54, 1.807) is 43.1 Å². The molecule has 2 amide bonds. The molecule has 2 atom stereocenters. The number of sulfone groups is 1. The Hall–Kier alpha value is -5.18. The highest BCUT2D eigenvalue weighted by Crippen LogP contribution is 2.40.